The van der Waals surface area contributed by atoms with Crippen LogP contribution in [-0.4, -0.2) is 50.3 Å². The predicted molar refractivity (Wildman–Crippen MR) is 84.5 cm³/mol. The molecule has 1 aromatic rings. The highest BCUT2D eigenvalue weighted by atomic mass is 19.4. The maximum atomic E-state index is 13.4. The van der Waals surface area contributed by atoms with E-state index in [2.05, 4.69) is 15.0 Å². The molecule has 0 unspecified atom stereocenters. The van der Waals surface area contributed by atoms with Crippen LogP contribution in [0.4, 0.5) is 26.3 Å². The minimum Gasteiger partial charge on any atom is -0.497 e. The van der Waals surface area contributed by atoms with Crippen LogP contribution in [0.15, 0.2) is 28.4 Å². The number of amides is 1. The fourth-order valence-electron chi connectivity index (χ4n) is 2.48. The topological polar surface area (TPSA) is 106 Å². The van der Waals surface area contributed by atoms with Gasteiger partial charge in [-0.1, -0.05) is 0 Å². The molecule has 1 amide bonds. The van der Waals surface area contributed by atoms with Crippen LogP contribution in [0.25, 0.3) is 0 Å². The maximum Gasteiger partial charge on any atom is 0.471 e. The Morgan fingerprint density at radius 1 is 1.10 bits per heavy atom. The van der Waals surface area contributed by atoms with E-state index in [0.29, 0.717) is 0 Å². The Balaban J connectivity index is 2.39. The number of hydrogen-bond acceptors (Lipinski definition) is 7. The fourth-order valence-corrected chi connectivity index (χ4v) is 2.48. The van der Waals surface area contributed by atoms with Crippen LogP contribution in [0.3, 0.4) is 0 Å². The lowest BCUT2D eigenvalue weighted by molar-refractivity contribution is -0.175. The summed E-state index contributed by atoms with van der Waals surface area (Å²) in [6.45, 7) is 0. The first-order valence-electron chi connectivity index (χ1n) is 7.95. The molecule has 1 aliphatic rings. The summed E-state index contributed by atoms with van der Waals surface area (Å²) in [6, 6.07) is 0.807. The summed E-state index contributed by atoms with van der Waals surface area (Å²) >= 11 is 0. The minimum absolute atomic E-state index is 0.0719. The average molecular weight is 441 g/mol. The smallest absolute Gasteiger partial charge is 0.471 e. The molecule has 8 nitrogen and oxygen atoms in total. The van der Waals surface area contributed by atoms with E-state index >= 15 is 0 Å². The zero-order chi connectivity index (χ0) is 22.9. The van der Waals surface area contributed by atoms with E-state index in [0.717, 1.165) is 32.4 Å². The number of alkyl halides is 6. The molecule has 0 bridgehead atoms. The first-order chi connectivity index (χ1) is 13.8. The molecular weight excluding hydrogens is 428 g/mol. The van der Waals surface area contributed by atoms with Gasteiger partial charge in [-0.2, -0.15) is 26.3 Å². The van der Waals surface area contributed by atoms with Gasteiger partial charge in [0.1, 0.15) is 11.8 Å². The highest BCUT2D eigenvalue weighted by Crippen LogP contribution is 2.54. The van der Waals surface area contributed by atoms with Gasteiger partial charge in [0.15, 0.2) is 5.78 Å². The van der Waals surface area contributed by atoms with E-state index in [4.69, 9.17) is 4.74 Å². The lowest BCUT2D eigenvalue weighted by Gasteiger charge is -2.20. The van der Waals surface area contributed by atoms with Crippen molar-refractivity contribution in [3.05, 3.63) is 29.3 Å². The summed E-state index contributed by atoms with van der Waals surface area (Å²) in [6.07, 6.45) is -11.5. The molecule has 1 atom stereocenters. The van der Waals surface area contributed by atoms with Crippen LogP contribution in [0.1, 0.15) is 22.3 Å². The summed E-state index contributed by atoms with van der Waals surface area (Å²) in [5.41, 5.74) is -4.39. The monoisotopic (exact) mass is 441 g/mol. The molecule has 0 aliphatic carbocycles. The molecule has 1 heterocycles. The van der Waals surface area contributed by atoms with Gasteiger partial charge in [0.2, 0.25) is 0 Å². The van der Waals surface area contributed by atoms with Crippen molar-refractivity contribution in [2.24, 2.45) is 10.2 Å². The number of esters is 1. The molecule has 2 rings (SSSR count). The van der Waals surface area contributed by atoms with Gasteiger partial charge in [-0.15, -0.1) is 10.2 Å². The third-order valence-electron chi connectivity index (χ3n) is 4.04. The molecule has 0 radical (unpaired) electrons. The van der Waals surface area contributed by atoms with Gasteiger partial charge < -0.3 is 14.8 Å². The van der Waals surface area contributed by atoms with Crippen molar-refractivity contribution in [3.63, 3.8) is 0 Å². The molecule has 0 aromatic heterocycles. The van der Waals surface area contributed by atoms with Gasteiger partial charge in [0, 0.05) is 17.5 Å². The zero-order valence-electron chi connectivity index (χ0n) is 15.2. The van der Waals surface area contributed by atoms with Gasteiger partial charge >= 0.3 is 29.9 Å². The molecule has 0 saturated carbocycles. The van der Waals surface area contributed by atoms with Crippen LogP contribution >= 0.6 is 0 Å². The normalized spacial score (nSPS) is 15.9. The van der Waals surface area contributed by atoms with Crippen molar-refractivity contribution in [2.75, 3.05) is 14.2 Å². The first-order valence-corrected chi connectivity index (χ1v) is 7.95. The van der Waals surface area contributed by atoms with Gasteiger partial charge in [-0.25, -0.2) is 4.79 Å². The number of Topliss-reactive ketones (excluding diaryl/α,β-unsaturated/α-hetero) is 1. The van der Waals surface area contributed by atoms with E-state index in [1.54, 1.807) is 0 Å². The number of ether oxygens (including phenoxy) is 2. The van der Waals surface area contributed by atoms with E-state index in [9.17, 15) is 40.7 Å². The van der Waals surface area contributed by atoms with Crippen LogP contribution < -0.4 is 10.1 Å². The molecule has 14 heteroatoms. The second-order valence-corrected chi connectivity index (χ2v) is 5.96. The number of nitrogens with zero attached hydrogens (tertiary/aromatic N) is 2. The molecule has 0 spiro atoms. The van der Waals surface area contributed by atoms with E-state index in [1.165, 1.54) is 5.32 Å². The molecule has 1 aromatic carbocycles. The quantitative estimate of drug-likeness (QED) is 0.398. The van der Waals surface area contributed by atoms with Crippen molar-refractivity contribution < 1.29 is 50.2 Å². The Bertz CT molecular complexity index is 890. The Labute approximate surface area is 164 Å². The first kappa shape index (κ1) is 23.1. The largest absolute Gasteiger partial charge is 0.497 e. The van der Waals surface area contributed by atoms with Gasteiger partial charge in [0.25, 0.3) is 0 Å². The van der Waals surface area contributed by atoms with Crippen LogP contribution in [-0.2, 0) is 20.0 Å². The molecule has 164 valence electrons. The molecule has 0 fully saturated rings. The van der Waals surface area contributed by atoms with Crippen molar-refractivity contribution in [2.45, 2.75) is 30.5 Å². The number of methoxy groups -OCH3 is 2. The van der Waals surface area contributed by atoms with Crippen LogP contribution in [0, 0.1) is 0 Å². The number of ketones is 1. The van der Waals surface area contributed by atoms with Gasteiger partial charge in [-0.3, -0.25) is 9.59 Å². The van der Waals surface area contributed by atoms with Gasteiger partial charge in [-0.05, 0) is 18.2 Å². The summed E-state index contributed by atoms with van der Waals surface area (Å²) in [4.78, 5) is 35.4. The van der Waals surface area contributed by atoms with Crippen LogP contribution in [0.5, 0.6) is 5.75 Å². The Hall–Kier alpha value is -3.19. The Kier molecular flexibility index (Phi) is 6.09. The number of benzene rings is 1. The van der Waals surface area contributed by atoms with Crippen molar-refractivity contribution in [1.82, 2.24) is 5.32 Å². The number of hydrogen-bond donors (Lipinski definition) is 1. The fraction of sp³-hybridized carbons (Fsp3) is 0.438. The lowest BCUT2D eigenvalue weighted by atomic mass is 9.91. The van der Waals surface area contributed by atoms with E-state index in [1.807, 2.05) is 0 Å². The second kappa shape index (κ2) is 7.91. The maximum absolute atomic E-state index is 13.4. The summed E-state index contributed by atoms with van der Waals surface area (Å²) in [5.74, 6) is -5.19. The lowest BCUT2D eigenvalue weighted by Crippen LogP contribution is -2.48. The van der Waals surface area contributed by atoms with Crippen molar-refractivity contribution >= 4 is 17.7 Å². The molecule has 1 aliphatic heterocycles. The Morgan fingerprint density at radius 2 is 1.70 bits per heavy atom. The summed E-state index contributed by atoms with van der Waals surface area (Å²) in [7, 11) is 1.95. The second-order valence-electron chi connectivity index (χ2n) is 5.96. The summed E-state index contributed by atoms with van der Waals surface area (Å²) in [5, 5.41) is 7.26. The van der Waals surface area contributed by atoms with Crippen LogP contribution in [0.2, 0.25) is 0 Å². The molecule has 0 saturated heterocycles. The SMILES string of the molecule is COC(=O)[C@H](CC(=O)c1ccc(OC)cc1C1(C(F)(F)F)N=N1)NC(=O)C(F)(F)F. The van der Waals surface area contributed by atoms with Crippen molar-refractivity contribution in [3.8, 4) is 5.75 Å². The van der Waals surface area contributed by atoms with E-state index < -0.39 is 59.3 Å². The van der Waals surface area contributed by atoms with E-state index in [-0.39, 0.29) is 5.75 Å². The third-order valence-corrected chi connectivity index (χ3v) is 4.04. The summed E-state index contributed by atoms with van der Waals surface area (Å²) < 4.78 is 86.7. The number of nitrogens with one attached hydrogen (secondary N) is 1. The minimum atomic E-state index is -5.37. The average Bonchev–Trinajstić information content (AvgIpc) is 3.47. The molecule has 1 N–H and O–H groups in total. The zero-order valence-corrected chi connectivity index (χ0v) is 15.2. The highest BCUT2D eigenvalue weighted by Gasteiger charge is 2.66. The molecule has 30 heavy (non-hydrogen) atoms. The molecular formula is C16H13F6N3O5. The standard InChI is InChI=1S/C16H13F6N3O5/c1-29-7-3-4-8(9(5-7)14(24-25-14)16(20,21)22)11(26)6-10(12(27)30-2)23-13(28)15(17,18)19/h3-5,10H,6H2,1-2H3,(H,23,28)/t10-/m0/s1. The third kappa shape index (κ3) is 4.52. The number of carbonyl (C=O) groups is 3. The number of carbonyl (C=O) groups excluding carboxylic acids is 3. The predicted octanol–water partition coefficient (Wildman–Crippen LogP) is 2.67. The highest BCUT2D eigenvalue weighted by molar-refractivity contribution is 6.01. The Morgan fingerprint density at radius 3 is 2.13 bits per heavy atom. The number of halogens is 6. The van der Waals surface area contributed by atoms with Crippen molar-refractivity contribution in [1.29, 1.82) is 0 Å². The van der Waals surface area contributed by atoms with Gasteiger partial charge in [0.05, 0.1) is 14.2 Å². The number of rotatable bonds is 7.